The number of fused-ring (bicyclic) bond motifs is 1. The predicted molar refractivity (Wildman–Crippen MR) is 146 cm³/mol. The van der Waals surface area contributed by atoms with Crippen molar-refractivity contribution in [2.24, 2.45) is 11.3 Å². The molecule has 1 heterocycles. The molecule has 0 aliphatic heterocycles. The zero-order valence-electron chi connectivity index (χ0n) is 20.9. The number of amides is 2. The molecule has 2 amide bonds. The Hall–Kier alpha value is -3.03. The summed E-state index contributed by atoms with van der Waals surface area (Å²) >= 11 is 7.49. The number of carbonyl (C=O) groups is 2. The van der Waals surface area contributed by atoms with Gasteiger partial charge in [-0.1, -0.05) is 38.4 Å². The van der Waals surface area contributed by atoms with Crippen molar-refractivity contribution >= 4 is 45.4 Å². The Kier molecular flexibility index (Phi) is 7.91. The van der Waals surface area contributed by atoms with Crippen LogP contribution in [-0.2, 0) is 17.6 Å². The van der Waals surface area contributed by atoms with Crippen LogP contribution in [-0.4, -0.2) is 25.5 Å². The molecule has 2 aromatic carbocycles. The maximum Gasteiger partial charge on any atom is 0.262 e. The number of ether oxygens (including phenoxy) is 2. The normalized spacial score (nSPS) is 15.1. The van der Waals surface area contributed by atoms with Gasteiger partial charge in [0.1, 0.15) is 16.5 Å². The fourth-order valence-electron chi connectivity index (χ4n) is 4.39. The third-order valence-electron chi connectivity index (χ3n) is 6.48. The number of hydrogen-bond donors (Lipinski definition) is 2. The first-order chi connectivity index (χ1) is 17.1. The molecule has 4 rings (SSSR count). The van der Waals surface area contributed by atoms with Crippen molar-refractivity contribution in [3.63, 3.8) is 0 Å². The highest BCUT2D eigenvalue weighted by atomic mass is 35.5. The lowest BCUT2D eigenvalue weighted by Gasteiger charge is -2.33. The van der Waals surface area contributed by atoms with Gasteiger partial charge in [0.2, 0.25) is 0 Å². The van der Waals surface area contributed by atoms with Crippen LogP contribution in [0, 0.1) is 11.3 Å². The Balaban J connectivity index is 1.56. The summed E-state index contributed by atoms with van der Waals surface area (Å²) in [7, 11) is 1.60. The van der Waals surface area contributed by atoms with E-state index in [0.29, 0.717) is 38.7 Å². The van der Waals surface area contributed by atoms with Crippen molar-refractivity contribution in [3.8, 4) is 11.5 Å². The molecule has 3 aromatic rings. The van der Waals surface area contributed by atoms with Crippen molar-refractivity contribution in [3.05, 3.63) is 69.6 Å². The fourth-order valence-corrected chi connectivity index (χ4v) is 5.91. The quantitative estimate of drug-likeness (QED) is 0.353. The molecule has 1 unspecified atom stereocenters. The third kappa shape index (κ3) is 6.20. The second-order valence-corrected chi connectivity index (χ2v) is 11.5. The first kappa shape index (κ1) is 26.0. The number of rotatable bonds is 7. The molecule has 0 fully saturated rings. The van der Waals surface area contributed by atoms with Crippen molar-refractivity contribution in [1.82, 2.24) is 0 Å². The second kappa shape index (κ2) is 10.9. The summed E-state index contributed by atoms with van der Waals surface area (Å²) in [6.07, 6.45) is 2.69. The molecule has 36 heavy (non-hydrogen) atoms. The highest BCUT2D eigenvalue weighted by Crippen LogP contribution is 2.44. The molecule has 1 aliphatic carbocycles. The number of halogens is 1. The van der Waals surface area contributed by atoms with E-state index in [1.54, 1.807) is 55.6 Å². The van der Waals surface area contributed by atoms with Crippen LogP contribution in [0.5, 0.6) is 11.5 Å². The molecule has 2 N–H and O–H groups in total. The Morgan fingerprint density at radius 3 is 2.50 bits per heavy atom. The summed E-state index contributed by atoms with van der Waals surface area (Å²) in [5.74, 6) is 1.16. The highest BCUT2D eigenvalue weighted by molar-refractivity contribution is 7.17. The van der Waals surface area contributed by atoms with Crippen LogP contribution < -0.4 is 20.1 Å². The molecule has 1 aromatic heterocycles. The van der Waals surface area contributed by atoms with Crippen LogP contribution in [0.25, 0.3) is 0 Å². The summed E-state index contributed by atoms with van der Waals surface area (Å²) in [6, 6.07) is 14.1. The summed E-state index contributed by atoms with van der Waals surface area (Å²) in [5.41, 5.74) is 2.39. The molecule has 6 nitrogen and oxygen atoms in total. The van der Waals surface area contributed by atoms with Gasteiger partial charge in [-0.25, -0.2) is 0 Å². The van der Waals surface area contributed by atoms with E-state index in [1.807, 2.05) is 0 Å². The van der Waals surface area contributed by atoms with E-state index in [4.69, 9.17) is 21.1 Å². The smallest absolute Gasteiger partial charge is 0.262 e. The average Bonchev–Trinajstić information content (AvgIpc) is 3.20. The van der Waals surface area contributed by atoms with Gasteiger partial charge in [0.25, 0.3) is 11.8 Å². The van der Waals surface area contributed by atoms with Crippen LogP contribution in [0.1, 0.15) is 48.0 Å². The number of hydrogen-bond acceptors (Lipinski definition) is 5. The molecule has 0 spiro atoms. The second-order valence-electron chi connectivity index (χ2n) is 9.99. The van der Waals surface area contributed by atoms with Gasteiger partial charge < -0.3 is 20.1 Å². The summed E-state index contributed by atoms with van der Waals surface area (Å²) < 4.78 is 10.8. The van der Waals surface area contributed by atoms with Crippen LogP contribution in [0.3, 0.4) is 0 Å². The molecule has 1 atom stereocenters. The maximum absolute atomic E-state index is 13.5. The molecule has 8 heteroatoms. The number of carbonyl (C=O) groups excluding carboxylic acids is 2. The predicted octanol–water partition coefficient (Wildman–Crippen LogP) is 6.83. The number of benzene rings is 2. The minimum Gasteiger partial charge on any atom is -0.497 e. The molecular weight excluding hydrogens is 496 g/mol. The van der Waals surface area contributed by atoms with Gasteiger partial charge >= 0.3 is 0 Å². The number of nitrogens with one attached hydrogen (secondary N) is 2. The SMILES string of the molecule is COc1ccc(NC(=O)c2c(NC(=O)COc3cccc(Cl)c3)sc3c2CCC(C(C)(C)C)C3)cc1. The molecule has 0 bridgehead atoms. The van der Waals surface area contributed by atoms with Gasteiger partial charge in [-0.15, -0.1) is 11.3 Å². The Morgan fingerprint density at radius 1 is 1.08 bits per heavy atom. The third-order valence-corrected chi connectivity index (χ3v) is 7.89. The van der Waals surface area contributed by atoms with E-state index in [-0.39, 0.29) is 23.8 Å². The maximum atomic E-state index is 13.5. The lowest BCUT2D eigenvalue weighted by Crippen LogP contribution is -2.27. The van der Waals surface area contributed by atoms with E-state index in [0.717, 1.165) is 29.7 Å². The molecule has 0 saturated heterocycles. The lowest BCUT2D eigenvalue weighted by atomic mass is 9.72. The Labute approximate surface area is 221 Å². The van der Waals surface area contributed by atoms with Gasteiger partial charge in [-0.2, -0.15) is 0 Å². The molecular formula is C28H31ClN2O4S. The van der Waals surface area contributed by atoms with Crippen molar-refractivity contribution in [1.29, 1.82) is 0 Å². The minimum atomic E-state index is -0.334. The first-order valence-corrected chi connectivity index (χ1v) is 13.1. The largest absolute Gasteiger partial charge is 0.497 e. The van der Waals surface area contributed by atoms with E-state index < -0.39 is 0 Å². The standard InChI is InChI=1S/C28H31ClN2O4S/c1-28(2,3)17-8-13-22-23(14-17)36-27(31-24(32)16-35-21-7-5-6-18(29)15-21)25(22)26(33)30-19-9-11-20(34-4)12-10-19/h5-7,9-12,15,17H,8,13-14,16H2,1-4H3,(H,30,33)(H,31,32). The van der Waals surface area contributed by atoms with E-state index in [9.17, 15) is 9.59 Å². The lowest BCUT2D eigenvalue weighted by molar-refractivity contribution is -0.118. The molecule has 0 radical (unpaired) electrons. The zero-order valence-corrected chi connectivity index (χ0v) is 22.5. The Bertz CT molecular complexity index is 1250. The van der Waals surface area contributed by atoms with Gasteiger partial charge in [0.05, 0.1) is 12.7 Å². The first-order valence-electron chi connectivity index (χ1n) is 11.9. The summed E-state index contributed by atoms with van der Waals surface area (Å²) in [5, 5.41) is 7.00. The average molecular weight is 527 g/mol. The van der Waals surface area contributed by atoms with Crippen LogP contribution in [0.15, 0.2) is 48.5 Å². The van der Waals surface area contributed by atoms with Crippen LogP contribution in [0.4, 0.5) is 10.7 Å². The number of thiophene rings is 1. The minimum absolute atomic E-state index is 0.168. The van der Waals surface area contributed by atoms with Crippen LogP contribution in [0.2, 0.25) is 5.02 Å². The summed E-state index contributed by atoms with van der Waals surface area (Å²) in [4.78, 5) is 27.4. The molecule has 1 aliphatic rings. The van der Waals surface area contributed by atoms with Gasteiger partial charge in [0.15, 0.2) is 6.61 Å². The number of anilines is 2. The van der Waals surface area contributed by atoms with Gasteiger partial charge in [0, 0.05) is 15.6 Å². The van der Waals surface area contributed by atoms with E-state index in [2.05, 4.69) is 31.4 Å². The van der Waals surface area contributed by atoms with Gasteiger partial charge in [-0.3, -0.25) is 9.59 Å². The van der Waals surface area contributed by atoms with Crippen molar-refractivity contribution < 1.29 is 19.1 Å². The highest BCUT2D eigenvalue weighted by Gasteiger charge is 2.34. The monoisotopic (exact) mass is 526 g/mol. The molecule has 190 valence electrons. The number of methoxy groups -OCH3 is 1. The fraction of sp³-hybridized carbons (Fsp3) is 0.357. The van der Waals surface area contributed by atoms with Crippen LogP contribution >= 0.6 is 22.9 Å². The zero-order chi connectivity index (χ0) is 25.9. The Morgan fingerprint density at radius 2 is 1.83 bits per heavy atom. The van der Waals surface area contributed by atoms with Crippen molar-refractivity contribution in [2.45, 2.75) is 40.0 Å². The van der Waals surface area contributed by atoms with Crippen molar-refractivity contribution in [2.75, 3.05) is 24.4 Å². The van der Waals surface area contributed by atoms with E-state index in [1.165, 1.54) is 11.3 Å². The topological polar surface area (TPSA) is 76.7 Å². The summed E-state index contributed by atoms with van der Waals surface area (Å²) in [6.45, 7) is 6.57. The van der Waals surface area contributed by atoms with Gasteiger partial charge in [-0.05, 0) is 78.6 Å². The molecule has 0 saturated carbocycles. The van der Waals surface area contributed by atoms with E-state index >= 15 is 0 Å².